The maximum Gasteiger partial charge on any atom is 0.174 e. The molecule has 0 aromatic carbocycles. The zero-order valence-corrected chi connectivity index (χ0v) is 9.20. The second-order valence-electron chi connectivity index (χ2n) is 3.81. The monoisotopic (exact) mass is 231 g/mol. The Hall–Kier alpha value is -0.350. The number of halogens is 1. The molecule has 1 rings (SSSR count). The number of nitrogens with two attached hydrogens (primary N) is 1. The van der Waals surface area contributed by atoms with Crippen LogP contribution in [-0.4, -0.2) is 9.97 Å². The minimum atomic E-state index is 0.0528. The lowest BCUT2D eigenvalue weighted by atomic mass is 9.91. The fourth-order valence-electron chi connectivity index (χ4n) is 1.15. The minimum absolute atomic E-state index is 0.0528. The van der Waals surface area contributed by atoms with Gasteiger partial charge in [0.2, 0.25) is 0 Å². The Balaban J connectivity index is 3.13. The quantitative estimate of drug-likeness (QED) is 0.777. The third-order valence-corrected chi connectivity index (χ3v) is 2.04. The predicted molar refractivity (Wildman–Crippen MR) is 52.9 cm³/mol. The summed E-state index contributed by atoms with van der Waals surface area (Å²) in [4.78, 5) is 7.42. The number of nitrogens with zero attached hydrogens (tertiary/aromatic N) is 1. The van der Waals surface area contributed by atoms with Gasteiger partial charge in [-0.05, 0) is 15.9 Å². The lowest BCUT2D eigenvalue weighted by molar-refractivity contribution is 0.564. The van der Waals surface area contributed by atoms with E-state index in [-0.39, 0.29) is 5.41 Å². The minimum Gasteiger partial charge on any atom is -0.335 e. The largest absolute Gasteiger partial charge is 0.335 e. The first kappa shape index (κ1) is 9.74. The van der Waals surface area contributed by atoms with Crippen molar-refractivity contribution in [1.82, 2.24) is 9.97 Å². The number of H-pyrrole nitrogens is 1. The average molecular weight is 232 g/mol. The van der Waals surface area contributed by atoms with Crippen molar-refractivity contribution in [2.75, 3.05) is 0 Å². The molecule has 3 nitrogen and oxygen atoms in total. The van der Waals surface area contributed by atoms with Gasteiger partial charge in [-0.2, -0.15) is 0 Å². The Morgan fingerprint density at radius 2 is 2.08 bits per heavy atom. The zero-order chi connectivity index (χ0) is 9.35. The first-order valence-corrected chi connectivity index (χ1v) is 4.69. The third-order valence-electron chi connectivity index (χ3n) is 1.66. The van der Waals surface area contributed by atoms with Gasteiger partial charge in [0.15, 0.2) is 4.73 Å². The first-order valence-electron chi connectivity index (χ1n) is 3.90. The van der Waals surface area contributed by atoms with Gasteiger partial charge in [0.25, 0.3) is 0 Å². The summed E-state index contributed by atoms with van der Waals surface area (Å²) >= 11 is 3.29. The normalized spacial score (nSPS) is 12.1. The van der Waals surface area contributed by atoms with Crippen LogP contribution in [-0.2, 0) is 12.0 Å². The Morgan fingerprint density at radius 1 is 1.50 bits per heavy atom. The van der Waals surface area contributed by atoms with Crippen molar-refractivity contribution in [2.45, 2.75) is 32.7 Å². The van der Waals surface area contributed by atoms with Crippen molar-refractivity contribution in [3.63, 3.8) is 0 Å². The number of aromatic nitrogens is 2. The maximum absolute atomic E-state index is 5.57. The highest BCUT2D eigenvalue weighted by Gasteiger charge is 2.21. The fourth-order valence-corrected chi connectivity index (χ4v) is 1.56. The summed E-state index contributed by atoms with van der Waals surface area (Å²) in [5.74, 6) is 0. The molecular formula is C8H14BrN3. The molecule has 1 aromatic rings. The van der Waals surface area contributed by atoms with Crippen LogP contribution in [0.25, 0.3) is 0 Å². The van der Waals surface area contributed by atoms with Crippen molar-refractivity contribution in [2.24, 2.45) is 5.73 Å². The van der Waals surface area contributed by atoms with Gasteiger partial charge in [-0.3, -0.25) is 0 Å². The van der Waals surface area contributed by atoms with Gasteiger partial charge in [0, 0.05) is 12.0 Å². The van der Waals surface area contributed by atoms with E-state index in [9.17, 15) is 0 Å². The second kappa shape index (κ2) is 3.18. The second-order valence-corrected chi connectivity index (χ2v) is 4.56. The van der Waals surface area contributed by atoms with Crippen LogP contribution >= 0.6 is 15.9 Å². The van der Waals surface area contributed by atoms with Gasteiger partial charge in [-0.15, -0.1) is 0 Å². The van der Waals surface area contributed by atoms with Crippen molar-refractivity contribution < 1.29 is 0 Å². The SMILES string of the molecule is CC(C)(C)c1nc(Br)[nH]c1CN. The van der Waals surface area contributed by atoms with E-state index in [1.807, 2.05) is 0 Å². The van der Waals surface area contributed by atoms with Gasteiger partial charge in [0.1, 0.15) is 0 Å². The Bertz CT molecular complexity index is 272. The number of hydrogen-bond donors (Lipinski definition) is 2. The summed E-state index contributed by atoms with van der Waals surface area (Å²) in [5.41, 5.74) is 7.67. The van der Waals surface area contributed by atoms with Crippen molar-refractivity contribution in [3.8, 4) is 0 Å². The highest BCUT2D eigenvalue weighted by Crippen LogP contribution is 2.24. The van der Waals surface area contributed by atoms with Crippen LogP contribution in [0.1, 0.15) is 32.2 Å². The molecule has 0 spiro atoms. The topological polar surface area (TPSA) is 54.7 Å². The average Bonchev–Trinajstić information content (AvgIpc) is 2.29. The van der Waals surface area contributed by atoms with Gasteiger partial charge in [-0.1, -0.05) is 20.8 Å². The van der Waals surface area contributed by atoms with Crippen LogP contribution in [0.2, 0.25) is 0 Å². The van der Waals surface area contributed by atoms with E-state index in [2.05, 4.69) is 46.7 Å². The maximum atomic E-state index is 5.57. The molecule has 0 aliphatic heterocycles. The molecule has 0 atom stereocenters. The van der Waals surface area contributed by atoms with Crippen LogP contribution < -0.4 is 5.73 Å². The van der Waals surface area contributed by atoms with Gasteiger partial charge >= 0.3 is 0 Å². The molecule has 0 aliphatic rings. The van der Waals surface area contributed by atoms with Crippen LogP contribution in [0.5, 0.6) is 0 Å². The van der Waals surface area contributed by atoms with E-state index in [4.69, 9.17) is 5.73 Å². The number of nitrogens with one attached hydrogen (secondary N) is 1. The number of rotatable bonds is 1. The molecule has 12 heavy (non-hydrogen) atoms. The van der Waals surface area contributed by atoms with Crippen LogP contribution in [0, 0.1) is 0 Å². The molecule has 4 heteroatoms. The molecule has 0 fully saturated rings. The van der Waals surface area contributed by atoms with E-state index in [0.29, 0.717) is 6.54 Å². The standard InChI is InChI=1S/C8H14BrN3/c1-8(2,3)6-5(4-10)11-7(9)12-6/h4,10H2,1-3H3,(H,11,12). The predicted octanol–water partition coefficient (Wildman–Crippen LogP) is 1.93. The van der Waals surface area contributed by atoms with Crippen LogP contribution in [0.3, 0.4) is 0 Å². The molecule has 3 N–H and O–H groups in total. The van der Waals surface area contributed by atoms with E-state index < -0.39 is 0 Å². The lowest BCUT2D eigenvalue weighted by Crippen LogP contribution is -2.16. The number of aromatic amines is 1. The summed E-state index contributed by atoms with van der Waals surface area (Å²) in [6.07, 6.45) is 0. The summed E-state index contributed by atoms with van der Waals surface area (Å²) in [5, 5.41) is 0. The summed E-state index contributed by atoms with van der Waals surface area (Å²) in [6, 6.07) is 0. The number of hydrogen-bond acceptors (Lipinski definition) is 2. The van der Waals surface area contributed by atoms with Crippen molar-refractivity contribution in [1.29, 1.82) is 0 Å². The van der Waals surface area contributed by atoms with Gasteiger partial charge < -0.3 is 10.7 Å². The molecule has 0 unspecified atom stereocenters. The molecule has 1 aromatic heterocycles. The van der Waals surface area contributed by atoms with Crippen molar-refractivity contribution >= 4 is 15.9 Å². The lowest BCUT2D eigenvalue weighted by Gasteiger charge is -2.16. The van der Waals surface area contributed by atoms with E-state index in [0.717, 1.165) is 16.1 Å². The van der Waals surface area contributed by atoms with Crippen LogP contribution in [0.4, 0.5) is 0 Å². The molecule has 1 heterocycles. The molecule has 0 bridgehead atoms. The van der Waals surface area contributed by atoms with E-state index >= 15 is 0 Å². The van der Waals surface area contributed by atoms with Crippen LogP contribution in [0.15, 0.2) is 4.73 Å². The van der Waals surface area contributed by atoms with Gasteiger partial charge in [0.05, 0.1) is 11.4 Å². The summed E-state index contributed by atoms with van der Waals surface area (Å²) in [7, 11) is 0. The molecule has 0 radical (unpaired) electrons. The first-order chi connectivity index (χ1) is 5.45. The Labute approximate surface area is 80.9 Å². The molecular weight excluding hydrogens is 218 g/mol. The highest BCUT2D eigenvalue weighted by atomic mass is 79.9. The van der Waals surface area contributed by atoms with Crippen molar-refractivity contribution in [3.05, 3.63) is 16.1 Å². The molecule has 0 saturated carbocycles. The molecule has 0 saturated heterocycles. The molecule has 0 amide bonds. The third kappa shape index (κ3) is 1.87. The van der Waals surface area contributed by atoms with E-state index in [1.165, 1.54) is 0 Å². The van der Waals surface area contributed by atoms with E-state index in [1.54, 1.807) is 0 Å². The molecule has 0 aliphatic carbocycles. The fraction of sp³-hybridized carbons (Fsp3) is 0.625. The Kier molecular flexibility index (Phi) is 2.58. The smallest absolute Gasteiger partial charge is 0.174 e. The Morgan fingerprint density at radius 3 is 2.42 bits per heavy atom. The van der Waals surface area contributed by atoms with Gasteiger partial charge in [-0.25, -0.2) is 4.98 Å². The summed E-state index contributed by atoms with van der Waals surface area (Å²) in [6.45, 7) is 6.86. The zero-order valence-electron chi connectivity index (χ0n) is 7.61. The molecule has 68 valence electrons. The number of imidazole rings is 1. The summed E-state index contributed by atoms with van der Waals surface area (Å²) < 4.78 is 0.757. The highest BCUT2D eigenvalue weighted by molar-refractivity contribution is 9.10.